The van der Waals surface area contributed by atoms with E-state index in [9.17, 15) is 4.79 Å². The Balaban J connectivity index is 1.95. The number of hydrogen-bond acceptors (Lipinski definition) is 4. The van der Waals surface area contributed by atoms with E-state index in [1.807, 2.05) is 34.7 Å². The Labute approximate surface area is 120 Å². The Morgan fingerprint density at radius 3 is 2.45 bits per heavy atom. The largest absolute Gasteiger partial charge is 0.373 e. The summed E-state index contributed by atoms with van der Waals surface area (Å²) in [6, 6.07) is 0. The van der Waals surface area contributed by atoms with Crippen LogP contribution in [0.1, 0.15) is 25.2 Å². The summed E-state index contributed by atoms with van der Waals surface area (Å²) < 4.78 is 7.45. The fourth-order valence-electron chi connectivity index (χ4n) is 2.75. The quantitative estimate of drug-likeness (QED) is 0.900. The zero-order valence-corrected chi connectivity index (χ0v) is 12.9. The average molecular weight is 280 g/mol. The van der Waals surface area contributed by atoms with Gasteiger partial charge in [0.15, 0.2) is 0 Å². The molecule has 0 aliphatic carbocycles. The lowest BCUT2D eigenvalue weighted by atomic mass is 10.2. The van der Waals surface area contributed by atoms with Crippen LogP contribution in [-0.4, -0.2) is 52.4 Å². The smallest absolute Gasteiger partial charge is 0.238 e. The summed E-state index contributed by atoms with van der Waals surface area (Å²) in [6.07, 6.45) is 0.349. The van der Waals surface area contributed by atoms with Crippen LogP contribution in [0.2, 0.25) is 0 Å². The van der Waals surface area contributed by atoms with Crippen LogP contribution in [0.3, 0.4) is 0 Å². The number of amides is 1. The third kappa shape index (κ3) is 3.37. The fourth-order valence-corrected chi connectivity index (χ4v) is 2.75. The number of aryl methyl sites for hydroxylation is 2. The second kappa shape index (κ2) is 5.93. The number of hydrogen-bond donors (Lipinski definition) is 1. The molecule has 1 aliphatic heterocycles. The topological polar surface area (TPSA) is 59.4 Å². The molecule has 0 saturated carbocycles. The van der Waals surface area contributed by atoms with E-state index >= 15 is 0 Å². The van der Waals surface area contributed by atoms with Crippen LogP contribution < -0.4 is 5.32 Å². The molecule has 0 spiro atoms. The number of aromatic nitrogens is 2. The molecule has 6 heteroatoms. The first kappa shape index (κ1) is 15.0. The number of carbonyl (C=O) groups excluding carboxylic acids is 1. The molecule has 1 aromatic heterocycles. The highest BCUT2D eigenvalue weighted by Crippen LogP contribution is 2.18. The van der Waals surface area contributed by atoms with Crippen molar-refractivity contribution in [1.29, 1.82) is 0 Å². The minimum Gasteiger partial charge on any atom is -0.373 e. The van der Waals surface area contributed by atoms with Crippen molar-refractivity contribution in [3.8, 4) is 0 Å². The number of rotatable bonds is 3. The second-order valence-corrected chi connectivity index (χ2v) is 5.67. The molecular weight excluding hydrogens is 256 g/mol. The second-order valence-electron chi connectivity index (χ2n) is 5.67. The van der Waals surface area contributed by atoms with Crippen LogP contribution in [-0.2, 0) is 16.6 Å². The van der Waals surface area contributed by atoms with E-state index in [4.69, 9.17) is 4.74 Å². The van der Waals surface area contributed by atoms with Crippen molar-refractivity contribution in [3.63, 3.8) is 0 Å². The zero-order chi connectivity index (χ0) is 14.9. The lowest BCUT2D eigenvalue weighted by Gasteiger charge is -2.34. The van der Waals surface area contributed by atoms with Crippen molar-refractivity contribution < 1.29 is 9.53 Å². The van der Waals surface area contributed by atoms with Gasteiger partial charge in [0.2, 0.25) is 5.91 Å². The zero-order valence-electron chi connectivity index (χ0n) is 12.9. The molecule has 1 aromatic rings. The van der Waals surface area contributed by atoms with Crippen molar-refractivity contribution in [2.24, 2.45) is 7.05 Å². The predicted molar refractivity (Wildman–Crippen MR) is 77.8 cm³/mol. The van der Waals surface area contributed by atoms with Gasteiger partial charge in [0.05, 0.1) is 35.8 Å². The van der Waals surface area contributed by atoms with Gasteiger partial charge < -0.3 is 10.1 Å². The molecule has 20 heavy (non-hydrogen) atoms. The molecule has 2 heterocycles. The lowest BCUT2D eigenvalue weighted by molar-refractivity contribution is -0.121. The number of nitrogens with zero attached hydrogens (tertiary/aromatic N) is 3. The first-order chi connectivity index (χ1) is 9.36. The van der Waals surface area contributed by atoms with Crippen molar-refractivity contribution in [2.45, 2.75) is 39.9 Å². The van der Waals surface area contributed by atoms with Crippen LogP contribution in [0, 0.1) is 13.8 Å². The maximum atomic E-state index is 12.2. The van der Waals surface area contributed by atoms with Crippen LogP contribution in [0.15, 0.2) is 0 Å². The van der Waals surface area contributed by atoms with E-state index in [0.717, 1.165) is 30.2 Å². The normalized spacial score (nSPS) is 23.9. The van der Waals surface area contributed by atoms with Gasteiger partial charge in [-0.25, -0.2) is 0 Å². The number of anilines is 1. The maximum absolute atomic E-state index is 12.2. The standard InChI is InChI=1S/C14H24N4O2/c1-9-6-18(7-10(2)20-9)8-13(19)15-14-11(3)16-17(5)12(14)4/h9-10H,6-8H2,1-5H3,(H,15,19)/t9-,10-/m0/s1. The fraction of sp³-hybridized carbons (Fsp3) is 0.714. The summed E-state index contributed by atoms with van der Waals surface area (Å²) in [5, 5.41) is 7.27. The van der Waals surface area contributed by atoms with Gasteiger partial charge in [-0.05, 0) is 27.7 Å². The predicted octanol–water partition coefficient (Wildman–Crippen LogP) is 1.08. The SMILES string of the molecule is Cc1nn(C)c(C)c1NC(=O)CN1C[C@H](C)O[C@@H](C)C1. The summed E-state index contributed by atoms with van der Waals surface area (Å²) in [5.74, 6) is 0.00509. The molecule has 1 N–H and O–H groups in total. The first-order valence-electron chi connectivity index (χ1n) is 7.04. The average Bonchev–Trinajstić information content (AvgIpc) is 2.54. The Morgan fingerprint density at radius 2 is 1.95 bits per heavy atom. The summed E-state index contributed by atoms with van der Waals surface area (Å²) in [5.41, 5.74) is 2.65. The Kier molecular flexibility index (Phi) is 4.45. The van der Waals surface area contributed by atoms with E-state index in [2.05, 4.69) is 15.3 Å². The molecule has 1 aliphatic rings. The Morgan fingerprint density at radius 1 is 1.35 bits per heavy atom. The van der Waals surface area contributed by atoms with Crippen molar-refractivity contribution in [3.05, 3.63) is 11.4 Å². The van der Waals surface area contributed by atoms with E-state index in [0.29, 0.717) is 6.54 Å². The molecule has 0 radical (unpaired) electrons. The van der Waals surface area contributed by atoms with Crippen LogP contribution in [0.4, 0.5) is 5.69 Å². The number of nitrogens with one attached hydrogen (secondary N) is 1. The van der Waals surface area contributed by atoms with E-state index in [-0.39, 0.29) is 18.1 Å². The maximum Gasteiger partial charge on any atom is 0.238 e. The molecule has 2 rings (SSSR count). The van der Waals surface area contributed by atoms with E-state index in [1.165, 1.54) is 0 Å². The van der Waals surface area contributed by atoms with Gasteiger partial charge in [0, 0.05) is 20.1 Å². The molecule has 0 bridgehead atoms. The Bertz CT molecular complexity index is 488. The summed E-state index contributed by atoms with van der Waals surface area (Å²) in [7, 11) is 1.88. The third-order valence-corrected chi connectivity index (χ3v) is 3.64. The molecule has 0 aromatic carbocycles. The molecule has 6 nitrogen and oxygen atoms in total. The molecule has 1 amide bonds. The van der Waals surface area contributed by atoms with Crippen LogP contribution in [0.25, 0.3) is 0 Å². The highest BCUT2D eigenvalue weighted by atomic mass is 16.5. The van der Waals surface area contributed by atoms with Gasteiger partial charge in [-0.15, -0.1) is 0 Å². The molecule has 112 valence electrons. The Hall–Kier alpha value is -1.40. The molecule has 1 fully saturated rings. The summed E-state index contributed by atoms with van der Waals surface area (Å²) in [6.45, 7) is 9.92. The summed E-state index contributed by atoms with van der Waals surface area (Å²) >= 11 is 0. The number of ether oxygens (including phenoxy) is 1. The third-order valence-electron chi connectivity index (χ3n) is 3.64. The van der Waals surface area contributed by atoms with E-state index in [1.54, 1.807) is 4.68 Å². The first-order valence-corrected chi connectivity index (χ1v) is 7.04. The van der Waals surface area contributed by atoms with Gasteiger partial charge in [-0.3, -0.25) is 14.4 Å². The van der Waals surface area contributed by atoms with Crippen LogP contribution >= 0.6 is 0 Å². The lowest BCUT2D eigenvalue weighted by Crippen LogP contribution is -2.48. The number of carbonyl (C=O) groups is 1. The van der Waals surface area contributed by atoms with Crippen molar-refractivity contribution >= 4 is 11.6 Å². The molecular formula is C14H24N4O2. The minimum absolute atomic E-state index is 0.00509. The van der Waals surface area contributed by atoms with Gasteiger partial charge in [0.25, 0.3) is 0 Å². The van der Waals surface area contributed by atoms with E-state index < -0.39 is 0 Å². The molecule has 2 atom stereocenters. The van der Waals surface area contributed by atoms with Gasteiger partial charge >= 0.3 is 0 Å². The van der Waals surface area contributed by atoms with Crippen molar-refractivity contribution in [1.82, 2.24) is 14.7 Å². The monoisotopic (exact) mass is 280 g/mol. The minimum atomic E-state index is 0.00509. The van der Waals surface area contributed by atoms with Crippen LogP contribution in [0.5, 0.6) is 0 Å². The molecule has 0 unspecified atom stereocenters. The van der Waals surface area contributed by atoms with Gasteiger partial charge in [-0.2, -0.15) is 5.10 Å². The van der Waals surface area contributed by atoms with Crippen molar-refractivity contribution in [2.75, 3.05) is 25.0 Å². The molecule has 1 saturated heterocycles. The highest BCUT2D eigenvalue weighted by Gasteiger charge is 2.24. The highest BCUT2D eigenvalue weighted by molar-refractivity contribution is 5.93. The summed E-state index contributed by atoms with van der Waals surface area (Å²) in [4.78, 5) is 14.3. The van der Waals surface area contributed by atoms with Gasteiger partial charge in [-0.1, -0.05) is 0 Å². The van der Waals surface area contributed by atoms with Gasteiger partial charge in [0.1, 0.15) is 0 Å². The number of morpholine rings is 1.